The van der Waals surface area contributed by atoms with Crippen molar-refractivity contribution in [3.63, 3.8) is 0 Å². The van der Waals surface area contributed by atoms with E-state index in [9.17, 15) is 9.60 Å². The van der Waals surface area contributed by atoms with Crippen LogP contribution in [0.25, 0.3) is 0 Å². The largest absolute Gasteiger partial charge is 0.379 e. The second kappa shape index (κ2) is 13.2. The van der Waals surface area contributed by atoms with E-state index in [1.165, 1.54) is 18.2 Å². The van der Waals surface area contributed by atoms with Crippen LogP contribution in [0.15, 0.2) is 27.8 Å². The second-order valence-corrected chi connectivity index (χ2v) is 7.03. The fraction of sp³-hybridized carbons (Fsp3) is 0.471. The highest BCUT2D eigenvalue weighted by Gasteiger charge is 2.19. The molecule has 0 spiro atoms. The molecule has 1 aliphatic heterocycles. The zero-order valence-electron chi connectivity index (χ0n) is 16.7. The molecule has 0 bridgehead atoms. The lowest BCUT2D eigenvalue weighted by atomic mass is 10.2. The first kappa shape index (κ1) is 25.0. The molecule has 0 unspecified atom stereocenters. The first-order valence-corrected chi connectivity index (χ1v) is 10.2. The fourth-order valence-corrected chi connectivity index (χ4v) is 2.95. The Hall–Kier alpha value is -2.29. The van der Waals surface area contributed by atoms with E-state index in [-0.39, 0.29) is 16.6 Å². The molecular formula is C17H22ClFN6O5S. The number of benzene rings is 1. The fourth-order valence-electron chi connectivity index (χ4n) is 2.78. The number of nitrogens with zero attached hydrogens (tertiary/aromatic N) is 5. The lowest BCUT2D eigenvalue weighted by molar-refractivity contribution is 0.0341. The molecule has 14 heteroatoms. The van der Waals surface area contributed by atoms with E-state index in [1.54, 1.807) is 0 Å². The molecule has 2 N–H and O–H groups in total. The highest BCUT2D eigenvalue weighted by atomic mass is 35.5. The van der Waals surface area contributed by atoms with Crippen LogP contribution in [0.2, 0.25) is 5.02 Å². The van der Waals surface area contributed by atoms with Crippen molar-refractivity contribution in [2.75, 3.05) is 46.4 Å². The van der Waals surface area contributed by atoms with Gasteiger partial charge in [0, 0.05) is 32.7 Å². The van der Waals surface area contributed by atoms with Gasteiger partial charge in [0.25, 0.3) is 0 Å². The average Bonchev–Trinajstić information content (AvgIpc) is 3.22. The van der Waals surface area contributed by atoms with Gasteiger partial charge >= 0.3 is 11.6 Å². The van der Waals surface area contributed by atoms with Gasteiger partial charge in [-0.1, -0.05) is 16.8 Å². The van der Waals surface area contributed by atoms with Gasteiger partial charge in [-0.05, 0) is 30.4 Å². The molecule has 170 valence electrons. The van der Waals surface area contributed by atoms with Gasteiger partial charge in [-0.2, -0.15) is 8.42 Å². The van der Waals surface area contributed by atoms with Gasteiger partial charge in [0.2, 0.25) is 0 Å². The third-order valence-corrected chi connectivity index (χ3v) is 4.64. The summed E-state index contributed by atoms with van der Waals surface area (Å²) in [5.41, 5.74) is 3.12. The molecule has 0 aliphatic carbocycles. The number of likely N-dealkylation sites (N-methyl/N-ethyl adjacent to an activating group) is 1. The molecule has 3 rings (SSSR count). The number of aliphatic imine (C=N–C) groups is 1. The number of rotatable bonds is 7. The maximum absolute atomic E-state index is 13.3. The number of nitrogens with one attached hydrogen (secondary N) is 1. The molecule has 1 aromatic carbocycles. The Kier molecular flexibility index (Phi) is 10.6. The van der Waals surface area contributed by atoms with Crippen LogP contribution in [0.3, 0.4) is 0 Å². The molecule has 0 amide bonds. The van der Waals surface area contributed by atoms with Crippen molar-refractivity contribution in [2.45, 2.75) is 6.54 Å². The molecule has 2 aromatic rings. The van der Waals surface area contributed by atoms with Crippen LogP contribution >= 0.6 is 11.6 Å². The maximum Gasteiger partial charge on any atom is 0.335 e. The Morgan fingerprint density at radius 3 is 2.74 bits per heavy atom. The molecule has 0 saturated carbocycles. The van der Waals surface area contributed by atoms with E-state index in [0.717, 1.165) is 39.4 Å². The van der Waals surface area contributed by atoms with Gasteiger partial charge in [0.05, 0.1) is 23.9 Å². The summed E-state index contributed by atoms with van der Waals surface area (Å²) in [6, 6.07) is 3.97. The summed E-state index contributed by atoms with van der Waals surface area (Å²) in [5.74, 6) is -0.523. The van der Waals surface area contributed by atoms with Crippen molar-refractivity contribution < 1.29 is 27.4 Å². The van der Waals surface area contributed by atoms with Crippen LogP contribution in [0.1, 0.15) is 11.4 Å². The Labute approximate surface area is 186 Å². The van der Waals surface area contributed by atoms with Crippen molar-refractivity contribution in [3.8, 4) is 0 Å². The third-order valence-electron chi connectivity index (χ3n) is 4.35. The van der Waals surface area contributed by atoms with Gasteiger partial charge < -0.3 is 4.74 Å². The van der Waals surface area contributed by atoms with Crippen molar-refractivity contribution in [1.82, 2.24) is 25.6 Å². The summed E-state index contributed by atoms with van der Waals surface area (Å²) in [6.07, 6.45) is 0. The number of halogens is 2. The zero-order valence-corrected chi connectivity index (χ0v) is 18.2. The maximum atomic E-state index is 13.3. The van der Waals surface area contributed by atoms with Crippen LogP contribution in [0, 0.1) is 5.82 Å². The highest BCUT2D eigenvalue weighted by Crippen LogP contribution is 2.22. The van der Waals surface area contributed by atoms with Gasteiger partial charge in [-0.15, -0.1) is 0 Å². The summed E-state index contributed by atoms with van der Waals surface area (Å²) in [6.45, 7) is 5.56. The summed E-state index contributed by atoms with van der Waals surface area (Å²) in [5, 5.41) is 17.2. The normalized spacial score (nSPS) is 14.8. The van der Waals surface area contributed by atoms with E-state index in [0.29, 0.717) is 17.9 Å². The summed E-state index contributed by atoms with van der Waals surface area (Å²) >= 11 is 5.02. The minimum Gasteiger partial charge on any atom is -0.379 e. The molecule has 1 saturated heterocycles. The number of aromatic nitrogens is 2. The smallest absolute Gasteiger partial charge is 0.335 e. The van der Waals surface area contributed by atoms with Crippen molar-refractivity contribution >= 4 is 34.7 Å². The third kappa shape index (κ3) is 8.05. The predicted octanol–water partition coefficient (Wildman–Crippen LogP) is 1.01. The molecule has 1 aliphatic rings. The minimum absolute atomic E-state index is 0.0282. The second-order valence-electron chi connectivity index (χ2n) is 6.49. The number of hydrogen-bond donors (Lipinski definition) is 2. The molecule has 2 heterocycles. The number of amidine groups is 1. The Bertz CT molecular complexity index is 905. The lowest BCUT2D eigenvalue weighted by Gasteiger charge is -2.28. The van der Waals surface area contributed by atoms with Gasteiger partial charge in [-0.3, -0.25) is 20.5 Å². The Morgan fingerprint density at radius 2 is 2.10 bits per heavy atom. The topological polar surface area (TPSA) is 133 Å². The number of hydroxylamine groups is 1. The van der Waals surface area contributed by atoms with Crippen LogP contribution in [-0.2, 0) is 22.9 Å². The van der Waals surface area contributed by atoms with Gasteiger partial charge in [0.1, 0.15) is 11.5 Å². The van der Waals surface area contributed by atoms with Crippen LogP contribution < -0.4 is 5.48 Å². The van der Waals surface area contributed by atoms with Crippen molar-refractivity contribution in [3.05, 3.63) is 40.4 Å². The molecule has 1 fully saturated rings. The van der Waals surface area contributed by atoms with E-state index in [1.807, 2.05) is 12.5 Å². The number of morpholine rings is 1. The quantitative estimate of drug-likeness (QED) is 0.339. The van der Waals surface area contributed by atoms with Crippen molar-refractivity contribution in [1.29, 1.82) is 0 Å². The Morgan fingerprint density at radius 1 is 1.39 bits per heavy atom. The van der Waals surface area contributed by atoms with E-state index < -0.39 is 17.4 Å². The molecule has 1 aromatic heterocycles. The average molecular weight is 477 g/mol. The monoisotopic (exact) mass is 476 g/mol. The molecule has 11 nitrogen and oxygen atoms in total. The first-order chi connectivity index (χ1) is 15.0. The zero-order chi connectivity index (χ0) is 22.6. The Balaban J connectivity index is 0.00000107. The molecule has 0 radical (unpaired) electrons. The predicted molar refractivity (Wildman–Crippen MR) is 109 cm³/mol. The standard InChI is InChI=1S/C17H22ClFN6O3.O2S/c1-24(4-5-25-6-8-27-9-7-25)11-15-16(23-28-22-15)17(21-26)20-12-2-3-14(19)13(18)10-12;1-3-2/h2-3,10,26H,4-9,11H2,1H3,(H,20,21);. The van der Waals surface area contributed by atoms with Crippen LogP contribution in [0.5, 0.6) is 0 Å². The van der Waals surface area contributed by atoms with E-state index in [2.05, 4.69) is 25.1 Å². The molecule has 0 atom stereocenters. The van der Waals surface area contributed by atoms with Gasteiger partial charge in [-0.25, -0.2) is 14.0 Å². The highest BCUT2D eigenvalue weighted by molar-refractivity contribution is 7.51. The lowest BCUT2D eigenvalue weighted by Crippen LogP contribution is -2.40. The molecule has 31 heavy (non-hydrogen) atoms. The van der Waals surface area contributed by atoms with Crippen LogP contribution in [-0.4, -0.2) is 86.0 Å². The summed E-state index contributed by atoms with van der Waals surface area (Å²) in [7, 11) is 1.96. The van der Waals surface area contributed by atoms with Crippen molar-refractivity contribution in [2.24, 2.45) is 4.99 Å². The van der Waals surface area contributed by atoms with E-state index in [4.69, 9.17) is 29.4 Å². The minimum atomic E-state index is -0.750. The summed E-state index contributed by atoms with van der Waals surface area (Å²) < 4.78 is 40.1. The van der Waals surface area contributed by atoms with E-state index >= 15 is 0 Å². The van der Waals surface area contributed by atoms with Gasteiger partial charge in [0.15, 0.2) is 11.5 Å². The summed E-state index contributed by atoms with van der Waals surface area (Å²) in [4.78, 5) is 8.62. The van der Waals surface area contributed by atoms with Crippen LogP contribution in [0.4, 0.5) is 10.1 Å². The first-order valence-electron chi connectivity index (χ1n) is 9.14. The number of hydrogen-bond acceptors (Lipinski definition) is 10. The molecular weight excluding hydrogens is 455 g/mol. The number of ether oxygens (including phenoxy) is 1. The SMILES string of the molecule is CN(CCN1CCOCC1)Cc1nonc1C(=Nc1ccc(F)c(Cl)c1)NO.O=S=O.